The van der Waals surface area contributed by atoms with Crippen LogP contribution in [0.15, 0.2) is 28.8 Å². The van der Waals surface area contributed by atoms with Crippen LogP contribution in [-0.2, 0) is 6.54 Å². The van der Waals surface area contributed by atoms with E-state index in [1.807, 2.05) is 57.1 Å². The Kier molecular flexibility index (Phi) is 6.70. The van der Waals surface area contributed by atoms with Crippen molar-refractivity contribution in [2.24, 2.45) is 0 Å². The summed E-state index contributed by atoms with van der Waals surface area (Å²) in [5, 5.41) is 4.03. The highest BCUT2D eigenvalue weighted by Crippen LogP contribution is 2.22. The molecule has 3 rings (SSSR count). The molecule has 0 N–H and O–H groups in total. The Bertz CT molecular complexity index is 775. The molecular weight excluding hydrogens is 356 g/mol. The van der Waals surface area contributed by atoms with Crippen molar-refractivity contribution in [3.63, 3.8) is 0 Å². The van der Waals surface area contributed by atoms with Crippen LogP contribution in [0.4, 0.5) is 0 Å². The van der Waals surface area contributed by atoms with Crippen LogP contribution in [0.5, 0.6) is 5.75 Å². The van der Waals surface area contributed by atoms with Gasteiger partial charge in [-0.3, -0.25) is 9.69 Å². The van der Waals surface area contributed by atoms with Crippen LogP contribution in [0.3, 0.4) is 0 Å². The van der Waals surface area contributed by atoms with Gasteiger partial charge in [-0.05, 0) is 40.1 Å². The number of benzene rings is 1. The van der Waals surface area contributed by atoms with Crippen molar-refractivity contribution in [3.05, 3.63) is 46.8 Å². The topological polar surface area (TPSA) is 62.1 Å². The fourth-order valence-electron chi connectivity index (χ4n) is 3.34. The molecule has 1 fully saturated rings. The Morgan fingerprint density at radius 1 is 1.18 bits per heavy atom. The Morgan fingerprint density at radius 2 is 1.89 bits per heavy atom. The number of piperazine rings is 1. The highest BCUT2D eigenvalue weighted by molar-refractivity contribution is 5.97. The number of ether oxygens (including phenoxy) is 1. The lowest BCUT2D eigenvalue weighted by Gasteiger charge is -2.35. The highest BCUT2D eigenvalue weighted by atomic mass is 16.5. The molecule has 7 nitrogen and oxygen atoms in total. The van der Waals surface area contributed by atoms with Crippen LogP contribution >= 0.6 is 0 Å². The van der Waals surface area contributed by atoms with Gasteiger partial charge in [0.05, 0.1) is 11.3 Å². The molecule has 7 heteroatoms. The molecule has 1 aliphatic rings. The summed E-state index contributed by atoms with van der Waals surface area (Å²) >= 11 is 0. The number of likely N-dealkylation sites (N-methyl/N-ethyl adjacent to an activating group) is 1. The van der Waals surface area contributed by atoms with Crippen molar-refractivity contribution in [3.8, 4) is 5.75 Å². The average molecular weight is 386 g/mol. The second-order valence-corrected chi connectivity index (χ2v) is 7.52. The smallest absolute Gasteiger partial charge is 0.257 e. The molecule has 0 saturated carbocycles. The fraction of sp³-hybridized carbons (Fsp3) is 0.524. The average Bonchev–Trinajstić information content (AvgIpc) is 3.00. The third-order valence-corrected chi connectivity index (χ3v) is 5.14. The number of aromatic nitrogens is 1. The summed E-state index contributed by atoms with van der Waals surface area (Å²) in [7, 11) is 4.00. The summed E-state index contributed by atoms with van der Waals surface area (Å²) in [4.78, 5) is 19.4. The van der Waals surface area contributed by atoms with Crippen molar-refractivity contribution in [2.75, 3.05) is 53.4 Å². The van der Waals surface area contributed by atoms with Crippen molar-refractivity contribution < 1.29 is 14.1 Å². The van der Waals surface area contributed by atoms with E-state index in [1.165, 1.54) is 0 Å². The first kappa shape index (κ1) is 20.4. The van der Waals surface area contributed by atoms with E-state index >= 15 is 0 Å². The predicted octanol–water partition coefficient (Wildman–Crippen LogP) is 2.19. The number of amides is 1. The second kappa shape index (κ2) is 9.21. The van der Waals surface area contributed by atoms with Crippen molar-refractivity contribution >= 4 is 5.91 Å². The summed E-state index contributed by atoms with van der Waals surface area (Å²) in [5.74, 6) is 1.57. The molecule has 0 bridgehead atoms. The van der Waals surface area contributed by atoms with Crippen LogP contribution in [0, 0.1) is 13.8 Å². The largest absolute Gasteiger partial charge is 0.491 e. The van der Waals surface area contributed by atoms with Gasteiger partial charge in [0.15, 0.2) is 0 Å². The lowest BCUT2D eigenvalue weighted by atomic mass is 10.1. The lowest BCUT2D eigenvalue weighted by Crippen LogP contribution is -2.48. The van der Waals surface area contributed by atoms with Gasteiger partial charge < -0.3 is 19.1 Å². The molecule has 0 radical (unpaired) electrons. The molecule has 0 atom stereocenters. The summed E-state index contributed by atoms with van der Waals surface area (Å²) in [6, 6.07) is 7.52. The van der Waals surface area contributed by atoms with E-state index in [-0.39, 0.29) is 5.91 Å². The number of hydrogen-bond donors (Lipinski definition) is 0. The Balaban J connectivity index is 1.58. The minimum Gasteiger partial charge on any atom is -0.491 e. The molecule has 1 aromatic carbocycles. The minimum absolute atomic E-state index is 0.0393. The Labute approximate surface area is 166 Å². The van der Waals surface area contributed by atoms with Crippen molar-refractivity contribution in [1.82, 2.24) is 19.9 Å². The molecule has 28 heavy (non-hydrogen) atoms. The minimum atomic E-state index is 0.0393. The van der Waals surface area contributed by atoms with Gasteiger partial charge in [-0.2, -0.15) is 0 Å². The second-order valence-electron chi connectivity index (χ2n) is 7.52. The summed E-state index contributed by atoms with van der Waals surface area (Å²) < 4.78 is 11.1. The molecule has 0 unspecified atom stereocenters. The predicted molar refractivity (Wildman–Crippen MR) is 108 cm³/mol. The highest BCUT2D eigenvalue weighted by Gasteiger charge is 2.25. The van der Waals surface area contributed by atoms with Gasteiger partial charge >= 0.3 is 0 Å². The van der Waals surface area contributed by atoms with E-state index < -0.39 is 0 Å². The number of nitrogens with zero attached hydrogens (tertiary/aromatic N) is 4. The van der Waals surface area contributed by atoms with Crippen LogP contribution < -0.4 is 4.74 Å². The molecule has 1 amide bonds. The third kappa shape index (κ3) is 4.91. The molecule has 1 aliphatic heterocycles. The number of para-hydroxylation sites is 1. The van der Waals surface area contributed by atoms with Crippen molar-refractivity contribution in [2.45, 2.75) is 20.4 Å². The number of aryl methyl sites for hydroxylation is 2. The van der Waals surface area contributed by atoms with E-state index in [0.717, 1.165) is 43.2 Å². The molecular formula is C21H30N4O3. The van der Waals surface area contributed by atoms with E-state index in [9.17, 15) is 4.79 Å². The van der Waals surface area contributed by atoms with E-state index in [0.29, 0.717) is 31.0 Å². The molecule has 152 valence electrons. The first-order valence-corrected chi connectivity index (χ1v) is 9.75. The maximum absolute atomic E-state index is 13.0. The van der Waals surface area contributed by atoms with E-state index in [4.69, 9.17) is 9.26 Å². The third-order valence-electron chi connectivity index (χ3n) is 5.14. The summed E-state index contributed by atoms with van der Waals surface area (Å²) in [5.41, 5.74) is 2.74. The zero-order valence-electron chi connectivity index (χ0n) is 17.3. The molecule has 2 aromatic rings. The van der Waals surface area contributed by atoms with Gasteiger partial charge in [0.25, 0.3) is 5.91 Å². The van der Waals surface area contributed by atoms with Gasteiger partial charge in [0.1, 0.15) is 18.1 Å². The van der Waals surface area contributed by atoms with Gasteiger partial charge in [0.2, 0.25) is 0 Å². The van der Waals surface area contributed by atoms with E-state index in [1.54, 1.807) is 0 Å². The SMILES string of the molecule is Cc1noc(C)c1CN1CCN(C(=O)c2ccccc2OCCN(C)C)CC1. The summed E-state index contributed by atoms with van der Waals surface area (Å²) in [6.07, 6.45) is 0. The monoisotopic (exact) mass is 386 g/mol. The standard InChI is InChI=1S/C21H30N4O3/c1-16-19(17(2)28-22-16)15-24-9-11-25(12-10-24)21(26)18-7-5-6-8-20(18)27-14-13-23(3)4/h5-8H,9-15H2,1-4H3. The van der Waals surface area contributed by atoms with Gasteiger partial charge in [0, 0.05) is 44.8 Å². The molecule has 0 spiro atoms. The van der Waals surface area contributed by atoms with Gasteiger partial charge in [-0.25, -0.2) is 0 Å². The molecule has 0 aliphatic carbocycles. The lowest BCUT2D eigenvalue weighted by molar-refractivity contribution is 0.0623. The maximum Gasteiger partial charge on any atom is 0.257 e. The first-order chi connectivity index (χ1) is 13.5. The zero-order chi connectivity index (χ0) is 20.1. The van der Waals surface area contributed by atoms with E-state index in [2.05, 4.69) is 15.0 Å². The number of carbonyl (C=O) groups excluding carboxylic acids is 1. The molecule has 1 aromatic heterocycles. The van der Waals surface area contributed by atoms with Crippen LogP contribution in [0.25, 0.3) is 0 Å². The Hall–Kier alpha value is -2.38. The van der Waals surface area contributed by atoms with Crippen LogP contribution in [-0.4, -0.2) is 79.2 Å². The summed E-state index contributed by atoms with van der Waals surface area (Å²) in [6.45, 7) is 9.17. The Morgan fingerprint density at radius 3 is 2.54 bits per heavy atom. The van der Waals surface area contributed by atoms with Gasteiger partial charge in [-0.15, -0.1) is 0 Å². The van der Waals surface area contributed by atoms with Gasteiger partial charge in [-0.1, -0.05) is 17.3 Å². The van der Waals surface area contributed by atoms with Crippen LogP contribution in [0.2, 0.25) is 0 Å². The molecule has 1 saturated heterocycles. The molecule has 2 heterocycles. The first-order valence-electron chi connectivity index (χ1n) is 9.75. The number of hydrogen-bond acceptors (Lipinski definition) is 6. The fourth-order valence-corrected chi connectivity index (χ4v) is 3.34. The van der Waals surface area contributed by atoms with Crippen LogP contribution in [0.1, 0.15) is 27.4 Å². The van der Waals surface area contributed by atoms with Crippen molar-refractivity contribution in [1.29, 1.82) is 0 Å². The maximum atomic E-state index is 13.0. The number of rotatable bonds is 7. The quantitative estimate of drug-likeness (QED) is 0.727. The normalized spacial score (nSPS) is 15.2. The number of carbonyl (C=O) groups is 1. The zero-order valence-corrected chi connectivity index (χ0v) is 17.3.